The number of hydrogen-bond donors (Lipinski definition) is 1. The van der Waals surface area contributed by atoms with Gasteiger partial charge < -0.3 is 5.11 Å². The van der Waals surface area contributed by atoms with Crippen molar-refractivity contribution in [3.05, 3.63) is 57.1 Å². The first-order chi connectivity index (χ1) is 8.99. The second-order valence-electron chi connectivity index (χ2n) is 4.32. The second-order valence-corrected chi connectivity index (χ2v) is 6.11. The highest BCUT2D eigenvalue weighted by atomic mass is 79.9. The number of hydrogen-bond acceptors (Lipinski definition) is 1. The van der Waals surface area contributed by atoms with Crippen molar-refractivity contribution in [3.8, 4) is 11.1 Å². The molecule has 1 N–H and O–H groups in total. The third-order valence-electron chi connectivity index (χ3n) is 3.19. The van der Waals surface area contributed by atoms with Crippen LogP contribution in [-0.4, -0.2) is 11.1 Å². The van der Waals surface area contributed by atoms with Crippen LogP contribution in [0.1, 0.15) is 26.3 Å². The van der Waals surface area contributed by atoms with Crippen molar-refractivity contribution >= 4 is 45.1 Å². The van der Waals surface area contributed by atoms with Crippen molar-refractivity contribution in [3.63, 3.8) is 0 Å². The molecule has 0 bridgehead atoms. The highest BCUT2D eigenvalue weighted by Gasteiger charge is 2.31. The molecule has 0 aliphatic heterocycles. The van der Waals surface area contributed by atoms with E-state index in [0.29, 0.717) is 15.6 Å². The summed E-state index contributed by atoms with van der Waals surface area (Å²) >= 11 is 15.6. The van der Waals surface area contributed by atoms with Crippen LogP contribution >= 0.6 is 39.1 Å². The Morgan fingerprint density at radius 2 is 1.79 bits per heavy atom. The van der Waals surface area contributed by atoms with Crippen molar-refractivity contribution in [2.45, 2.75) is 4.83 Å². The highest BCUT2D eigenvalue weighted by molar-refractivity contribution is 9.09. The first-order valence-electron chi connectivity index (χ1n) is 5.49. The van der Waals surface area contributed by atoms with E-state index in [2.05, 4.69) is 15.9 Å². The average Bonchev–Trinajstić information content (AvgIpc) is 2.62. The highest BCUT2D eigenvalue weighted by Crippen LogP contribution is 2.50. The van der Waals surface area contributed by atoms with Gasteiger partial charge in [-0.15, -0.1) is 0 Å². The van der Waals surface area contributed by atoms with Crippen molar-refractivity contribution in [1.82, 2.24) is 0 Å². The Bertz CT molecular complexity index is 713. The smallest absolute Gasteiger partial charge is 0.336 e. The summed E-state index contributed by atoms with van der Waals surface area (Å²) in [5.74, 6) is -0.985. The van der Waals surface area contributed by atoms with Gasteiger partial charge in [0.15, 0.2) is 0 Å². The third-order valence-corrected chi connectivity index (χ3v) is 4.63. The monoisotopic (exact) mass is 356 g/mol. The third kappa shape index (κ3) is 1.97. The van der Waals surface area contributed by atoms with E-state index in [1.165, 1.54) is 6.07 Å². The number of carboxylic acids is 1. The zero-order chi connectivity index (χ0) is 13.7. The van der Waals surface area contributed by atoms with Crippen LogP contribution in [0.5, 0.6) is 0 Å². The van der Waals surface area contributed by atoms with Gasteiger partial charge in [-0.05, 0) is 41.0 Å². The maximum Gasteiger partial charge on any atom is 0.336 e. The molecule has 0 spiro atoms. The number of alkyl halides is 1. The van der Waals surface area contributed by atoms with Crippen molar-refractivity contribution in [2.75, 3.05) is 0 Å². The predicted molar refractivity (Wildman–Crippen MR) is 79.6 cm³/mol. The van der Waals surface area contributed by atoms with Crippen LogP contribution in [-0.2, 0) is 0 Å². The molecule has 0 saturated heterocycles. The summed E-state index contributed by atoms with van der Waals surface area (Å²) < 4.78 is 0. The van der Waals surface area contributed by atoms with Gasteiger partial charge in [0.05, 0.1) is 10.4 Å². The lowest BCUT2D eigenvalue weighted by molar-refractivity contribution is 0.0697. The number of aromatic carboxylic acids is 1. The van der Waals surface area contributed by atoms with Gasteiger partial charge in [-0.3, -0.25) is 0 Å². The predicted octanol–water partition coefficient (Wildman–Crippen LogP) is 5.16. The topological polar surface area (TPSA) is 37.3 Å². The molecule has 0 saturated carbocycles. The molecule has 2 aromatic carbocycles. The zero-order valence-electron chi connectivity index (χ0n) is 9.45. The second kappa shape index (κ2) is 4.51. The van der Waals surface area contributed by atoms with Gasteiger partial charge in [-0.2, -0.15) is 0 Å². The summed E-state index contributed by atoms with van der Waals surface area (Å²) in [6.07, 6.45) is 0. The lowest BCUT2D eigenvalue weighted by Gasteiger charge is -2.07. The van der Waals surface area contributed by atoms with Gasteiger partial charge in [0.25, 0.3) is 0 Å². The summed E-state index contributed by atoms with van der Waals surface area (Å²) in [5.41, 5.74) is 3.64. The standard InChI is InChI=1S/C14H7BrCl2O2/c15-13-9-3-6(16)1-2-8(9)12-10(13)4-7(17)5-11(12)14(18)19/h1-5,13H,(H,18,19)/t13-/m0/s1. The molecule has 1 atom stereocenters. The molecule has 1 aliphatic rings. The molecule has 1 aliphatic carbocycles. The maximum atomic E-state index is 11.4. The molecule has 19 heavy (non-hydrogen) atoms. The molecule has 96 valence electrons. The minimum Gasteiger partial charge on any atom is -0.478 e. The van der Waals surface area contributed by atoms with Crippen LogP contribution in [0.25, 0.3) is 11.1 Å². The normalized spacial score (nSPS) is 16.1. The van der Waals surface area contributed by atoms with Gasteiger partial charge in [0.2, 0.25) is 0 Å². The molecule has 0 radical (unpaired) electrons. The molecule has 3 rings (SSSR count). The Kier molecular flexibility index (Phi) is 3.08. The Balaban J connectivity index is 2.38. The number of carbonyl (C=O) groups is 1. The Morgan fingerprint density at radius 3 is 2.47 bits per heavy atom. The van der Waals surface area contributed by atoms with Crippen molar-refractivity contribution in [1.29, 1.82) is 0 Å². The van der Waals surface area contributed by atoms with E-state index < -0.39 is 5.97 Å². The molecule has 5 heteroatoms. The molecule has 0 amide bonds. The van der Waals surface area contributed by atoms with E-state index >= 15 is 0 Å². The fraction of sp³-hybridized carbons (Fsp3) is 0.0714. The summed E-state index contributed by atoms with van der Waals surface area (Å²) in [7, 11) is 0. The van der Waals surface area contributed by atoms with E-state index in [1.54, 1.807) is 12.1 Å². The Labute approximate surface area is 128 Å². The van der Waals surface area contributed by atoms with Gasteiger partial charge in [-0.25, -0.2) is 4.79 Å². The summed E-state index contributed by atoms with van der Waals surface area (Å²) in [6, 6.07) is 8.71. The number of halogens is 3. The van der Waals surface area contributed by atoms with E-state index in [0.717, 1.165) is 16.7 Å². The molecule has 2 nitrogen and oxygen atoms in total. The van der Waals surface area contributed by atoms with Gasteiger partial charge >= 0.3 is 5.97 Å². The van der Waals surface area contributed by atoms with E-state index in [4.69, 9.17) is 23.2 Å². The van der Waals surface area contributed by atoms with Crippen molar-refractivity contribution in [2.24, 2.45) is 0 Å². The molecule has 0 fully saturated rings. The fourth-order valence-electron chi connectivity index (χ4n) is 2.44. The van der Waals surface area contributed by atoms with Crippen LogP contribution in [0.2, 0.25) is 10.0 Å². The zero-order valence-corrected chi connectivity index (χ0v) is 12.6. The van der Waals surface area contributed by atoms with E-state index in [-0.39, 0.29) is 10.4 Å². The fourth-order valence-corrected chi connectivity index (χ4v) is 3.58. The number of fused-ring (bicyclic) bond motifs is 3. The minimum atomic E-state index is -0.985. The first-order valence-corrected chi connectivity index (χ1v) is 7.17. The van der Waals surface area contributed by atoms with E-state index in [9.17, 15) is 9.90 Å². The molecule has 2 aromatic rings. The summed E-state index contributed by atoms with van der Waals surface area (Å²) in [4.78, 5) is 11.3. The van der Waals surface area contributed by atoms with Crippen LogP contribution in [0.4, 0.5) is 0 Å². The number of benzene rings is 2. The van der Waals surface area contributed by atoms with E-state index in [1.807, 2.05) is 12.1 Å². The summed E-state index contributed by atoms with van der Waals surface area (Å²) in [5, 5.41) is 10.4. The van der Waals surface area contributed by atoms with Crippen LogP contribution in [0, 0.1) is 0 Å². The molecule has 0 heterocycles. The van der Waals surface area contributed by atoms with Crippen LogP contribution in [0.3, 0.4) is 0 Å². The van der Waals surface area contributed by atoms with Gasteiger partial charge in [-0.1, -0.05) is 45.2 Å². The van der Waals surface area contributed by atoms with Gasteiger partial charge in [0, 0.05) is 15.6 Å². The minimum absolute atomic E-state index is 0.0898. The number of carboxylic acid groups (broad SMARTS) is 1. The Hall–Kier alpha value is -1.03. The summed E-state index contributed by atoms with van der Waals surface area (Å²) in [6.45, 7) is 0. The van der Waals surface area contributed by atoms with Crippen LogP contribution in [0.15, 0.2) is 30.3 Å². The lowest BCUT2D eigenvalue weighted by atomic mass is 9.99. The SMILES string of the molecule is O=C(O)c1cc(Cl)cc2c1-c1ccc(Cl)cc1[C@@H]2Br. The lowest BCUT2D eigenvalue weighted by Crippen LogP contribution is -2.00. The molecular weight excluding hydrogens is 351 g/mol. The average molecular weight is 358 g/mol. The first kappa shape index (κ1) is 13.0. The van der Waals surface area contributed by atoms with Crippen molar-refractivity contribution < 1.29 is 9.90 Å². The Morgan fingerprint density at radius 1 is 1.11 bits per heavy atom. The largest absolute Gasteiger partial charge is 0.478 e. The number of rotatable bonds is 1. The van der Waals surface area contributed by atoms with Crippen LogP contribution < -0.4 is 0 Å². The maximum absolute atomic E-state index is 11.4. The molecular formula is C14H7BrCl2O2. The molecule has 0 unspecified atom stereocenters. The quantitative estimate of drug-likeness (QED) is 0.716. The molecule has 0 aromatic heterocycles. The van der Waals surface area contributed by atoms with Gasteiger partial charge in [0.1, 0.15) is 0 Å².